The molecule has 0 radical (unpaired) electrons. The number of ether oxygens (including phenoxy) is 2. The monoisotopic (exact) mass is 386 g/mol. The van der Waals surface area contributed by atoms with Crippen molar-refractivity contribution in [1.29, 1.82) is 0 Å². The number of hydrogen-bond acceptors (Lipinski definition) is 4. The Balaban J connectivity index is 1.84. The average molecular weight is 386 g/mol. The van der Waals surface area contributed by atoms with E-state index in [2.05, 4.69) is 15.7 Å². The summed E-state index contributed by atoms with van der Waals surface area (Å²) < 4.78 is 49.5. The van der Waals surface area contributed by atoms with Crippen molar-refractivity contribution >= 4 is 11.7 Å². The number of aryl methyl sites for hydroxylation is 2. The van der Waals surface area contributed by atoms with Crippen LogP contribution in [0, 0.1) is 6.92 Å². The zero-order chi connectivity index (χ0) is 20.0. The van der Waals surface area contributed by atoms with Gasteiger partial charge in [0, 0.05) is 24.8 Å². The second kappa shape index (κ2) is 8.65. The summed E-state index contributed by atoms with van der Waals surface area (Å²) in [5.74, 6) is 1.03. The van der Waals surface area contributed by atoms with Gasteiger partial charge in [-0.1, -0.05) is 0 Å². The maximum atomic E-state index is 12.6. The summed E-state index contributed by atoms with van der Waals surface area (Å²) in [6.07, 6.45) is -4.05. The van der Waals surface area contributed by atoms with Crippen molar-refractivity contribution in [2.75, 3.05) is 26.1 Å². The molecule has 0 aliphatic rings. The largest absolute Gasteiger partial charge is 0.497 e. The normalized spacial score (nSPS) is 11.2. The van der Waals surface area contributed by atoms with Gasteiger partial charge in [-0.3, -0.25) is 4.68 Å². The summed E-state index contributed by atoms with van der Waals surface area (Å²) in [5.41, 5.74) is -0.0733. The van der Waals surface area contributed by atoms with Crippen molar-refractivity contribution in [3.8, 4) is 11.5 Å². The van der Waals surface area contributed by atoms with E-state index in [4.69, 9.17) is 9.47 Å². The first-order valence-corrected chi connectivity index (χ1v) is 8.13. The van der Waals surface area contributed by atoms with E-state index in [-0.39, 0.29) is 13.1 Å². The van der Waals surface area contributed by atoms with Crippen LogP contribution in [0.25, 0.3) is 0 Å². The van der Waals surface area contributed by atoms with Crippen LogP contribution >= 0.6 is 0 Å². The first-order chi connectivity index (χ1) is 12.7. The Morgan fingerprint density at radius 1 is 1.22 bits per heavy atom. The number of alkyl halides is 3. The molecule has 0 fully saturated rings. The molecule has 2 N–H and O–H groups in total. The predicted molar refractivity (Wildman–Crippen MR) is 93.2 cm³/mol. The van der Waals surface area contributed by atoms with Crippen LogP contribution in [-0.4, -0.2) is 36.6 Å². The third-order valence-corrected chi connectivity index (χ3v) is 3.76. The molecule has 2 amide bonds. The molecule has 0 aliphatic heterocycles. The molecule has 0 saturated heterocycles. The fraction of sp³-hybridized carbons (Fsp3) is 0.412. The molecule has 10 heteroatoms. The highest BCUT2D eigenvalue weighted by atomic mass is 19.4. The molecule has 0 unspecified atom stereocenters. The molecule has 0 spiro atoms. The maximum absolute atomic E-state index is 12.6. The van der Waals surface area contributed by atoms with Crippen LogP contribution in [0.15, 0.2) is 24.3 Å². The molecule has 2 rings (SSSR count). The summed E-state index contributed by atoms with van der Waals surface area (Å²) in [4.78, 5) is 12.0. The maximum Gasteiger partial charge on any atom is 0.435 e. The van der Waals surface area contributed by atoms with Crippen LogP contribution in [0.3, 0.4) is 0 Å². The van der Waals surface area contributed by atoms with Crippen molar-refractivity contribution in [3.05, 3.63) is 35.7 Å². The van der Waals surface area contributed by atoms with Crippen molar-refractivity contribution in [3.63, 3.8) is 0 Å². The molecule has 148 valence electrons. The second-order valence-corrected chi connectivity index (χ2v) is 5.69. The molecule has 0 bridgehead atoms. The van der Waals surface area contributed by atoms with Crippen molar-refractivity contribution < 1.29 is 27.4 Å². The Kier molecular flexibility index (Phi) is 6.54. The highest BCUT2D eigenvalue weighted by molar-refractivity contribution is 5.91. The quantitative estimate of drug-likeness (QED) is 0.715. The van der Waals surface area contributed by atoms with E-state index in [1.54, 1.807) is 25.1 Å². The van der Waals surface area contributed by atoms with Crippen LogP contribution in [0.4, 0.5) is 23.7 Å². The number of amides is 2. The van der Waals surface area contributed by atoms with Gasteiger partial charge < -0.3 is 20.1 Å². The molecular formula is C17H21F3N4O3. The third kappa shape index (κ3) is 5.53. The summed E-state index contributed by atoms with van der Waals surface area (Å²) in [6, 6.07) is 5.51. The van der Waals surface area contributed by atoms with Crippen molar-refractivity contribution in [2.24, 2.45) is 0 Å². The van der Waals surface area contributed by atoms with Crippen LogP contribution in [0.1, 0.15) is 17.8 Å². The fourth-order valence-electron chi connectivity index (χ4n) is 2.38. The summed E-state index contributed by atoms with van der Waals surface area (Å²) in [7, 11) is 2.99. The number of carbonyl (C=O) groups excluding carboxylic acids is 1. The van der Waals surface area contributed by atoms with E-state index in [1.165, 1.54) is 18.9 Å². The Hall–Kier alpha value is -2.91. The van der Waals surface area contributed by atoms with Crippen LogP contribution < -0.4 is 20.1 Å². The highest BCUT2D eigenvalue weighted by Crippen LogP contribution is 2.29. The van der Waals surface area contributed by atoms with Gasteiger partial charge in [0.15, 0.2) is 5.69 Å². The van der Waals surface area contributed by atoms with E-state index < -0.39 is 17.9 Å². The van der Waals surface area contributed by atoms with E-state index in [0.29, 0.717) is 29.3 Å². The fourth-order valence-corrected chi connectivity index (χ4v) is 2.38. The summed E-state index contributed by atoms with van der Waals surface area (Å²) in [6.45, 7) is 2.07. The first kappa shape index (κ1) is 20.4. The molecule has 2 aromatic rings. The number of urea groups is 1. The highest BCUT2D eigenvalue weighted by Gasteiger charge is 2.34. The number of rotatable bonds is 7. The lowest BCUT2D eigenvalue weighted by Crippen LogP contribution is -2.30. The average Bonchev–Trinajstić information content (AvgIpc) is 3.00. The standard InChI is InChI=1S/C17H21F3N4O3/c1-11-9-15(17(18,19)20)23-24(11)8-4-7-21-16(25)22-13-10-12(26-2)5-6-14(13)27-3/h5-6,9-10H,4,7-8H2,1-3H3,(H2,21,22,25). The number of aromatic nitrogens is 2. The smallest absolute Gasteiger partial charge is 0.435 e. The van der Waals surface area contributed by atoms with Crippen molar-refractivity contribution in [2.45, 2.75) is 26.1 Å². The molecule has 1 aromatic heterocycles. The molecule has 7 nitrogen and oxygen atoms in total. The van der Waals surface area contributed by atoms with E-state index >= 15 is 0 Å². The predicted octanol–water partition coefficient (Wildman–Crippen LogP) is 3.44. The zero-order valence-electron chi connectivity index (χ0n) is 15.2. The Labute approximate surface area is 154 Å². The van der Waals surface area contributed by atoms with Gasteiger partial charge in [-0.05, 0) is 31.5 Å². The second-order valence-electron chi connectivity index (χ2n) is 5.69. The van der Waals surface area contributed by atoms with Crippen LogP contribution in [0.2, 0.25) is 0 Å². The SMILES string of the molecule is COc1ccc(OC)c(NC(=O)NCCCn2nc(C(F)(F)F)cc2C)c1. The van der Waals surface area contributed by atoms with Gasteiger partial charge in [-0.15, -0.1) is 0 Å². The van der Waals surface area contributed by atoms with Gasteiger partial charge in [0.05, 0.1) is 19.9 Å². The minimum atomic E-state index is -4.47. The molecule has 0 saturated carbocycles. The van der Waals surface area contributed by atoms with E-state index in [1.807, 2.05) is 0 Å². The number of benzene rings is 1. The number of halogens is 3. The molecule has 0 aliphatic carbocycles. The minimum Gasteiger partial charge on any atom is -0.497 e. The Morgan fingerprint density at radius 3 is 2.56 bits per heavy atom. The van der Waals surface area contributed by atoms with Gasteiger partial charge in [-0.25, -0.2) is 4.79 Å². The Bertz CT molecular complexity index is 790. The van der Waals surface area contributed by atoms with E-state index in [9.17, 15) is 18.0 Å². The van der Waals surface area contributed by atoms with Gasteiger partial charge in [0.2, 0.25) is 0 Å². The van der Waals surface area contributed by atoms with Gasteiger partial charge in [0.1, 0.15) is 11.5 Å². The number of hydrogen-bond donors (Lipinski definition) is 2. The number of nitrogens with one attached hydrogen (secondary N) is 2. The number of nitrogens with zero attached hydrogens (tertiary/aromatic N) is 2. The lowest BCUT2D eigenvalue weighted by Gasteiger charge is -2.12. The lowest BCUT2D eigenvalue weighted by atomic mass is 10.2. The topological polar surface area (TPSA) is 77.4 Å². The summed E-state index contributed by atoms with van der Waals surface area (Å²) >= 11 is 0. The molecular weight excluding hydrogens is 365 g/mol. The third-order valence-electron chi connectivity index (χ3n) is 3.76. The summed E-state index contributed by atoms with van der Waals surface area (Å²) in [5, 5.41) is 8.82. The molecule has 1 heterocycles. The zero-order valence-corrected chi connectivity index (χ0v) is 15.2. The number of anilines is 1. The van der Waals surface area contributed by atoms with Crippen molar-refractivity contribution in [1.82, 2.24) is 15.1 Å². The van der Waals surface area contributed by atoms with Gasteiger partial charge in [-0.2, -0.15) is 18.3 Å². The molecule has 1 aromatic carbocycles. The van der Waals surface area contributed by atoms with Gasteiger partial charge >= 0.3 is 12.2 Å². The van der Waals surface area contributed by atoms with Crippen LogP contribution in [0.5, 0.6) is 11.5 Å². The number of methoxy groups -OCH3 is 2. The molecule has 27 heavy (non-hydrogen) atoms. The van der Waals surface area contributed by atoms with E-state index in [0.717, 1.165) is 6.07 Å². The molecule has 0 atom stereocenters. The van der Waals surface area contributed by atoms with Crippen LogP contribution in [-0.2, 0) is 12.7 Å². The van der Waals surface area contributed by atoms with Gasteiger partial charge in [0.25, 0.3) is 0 Å². The Morgan fingerprint density at radius 2 is 1.96 bits per heavy atom. The lowest BCUT2D eigenvalue weighted by molar-refractivity contribution is -0.141. The number of carbonyl (C=O) groups is 1. The minimum absolute atomic E-state index is 0.255. The first-order valence-electron chi connectivity index (χ1n) is 8.13.